The van der Waals surface area contributed by atoms with E-state index in [-0.39, 0.29) is 22.8 Å². The highest BCUT2D eigenvalue weighted by molar-refractivity contribution is 6.06. The summed E-state index contributed by atoms with van der Waals surface area (Å²) in [6, 6.07) is 7.73. The van der Waals surface area contributed by atoms with E-state index in [9.17, 15) is 19.1 Å². The van der Waals surface area contributed by atoms with Crippen LogP contribution in [0.5, 0.6) is 5.75 Å². The van der Waals surface area contributed by atoms with Crippen LogP contribution in [0.25, 0.3) is 10.9 Å². The summed E-state index contributed by atoms with van der Waals surface area (Å²) in [7, 11) is 1.16. The molecule has 8 nitrogen and oxygen atoms in total. The predicted octanol–water partition coefficient (Wildman–Crippen LogP) is 2.19. The fraction of sp³-hybridized carbons (Fsp3) is 0.200. The Balaban J connectivity index is 1.78. The summed E-state index contributed by atoms with van der Waals surface area (Å²) in [5, 5.41) is 13.4. The second-order valence-electron chi connectivity index (χ2n) is 6.50. The molecule has 0 saturated carbocycles. The number of esters is 1. The number of halogens is 1. The molecule has 1 saturated heterocycles. The van der Waals surface area contributed by atoms with Crippen LogP contribution in [0.2, 0.25) is 0 Å². The number of anilines is 1. The van der Waals surface area contributed by atoms with E-state index in [0.717, 1.165) is 18.2 Å². The van der Waals surface area contributed by atoms with Crippen LogP contribution < -0.4 is 5.32 Å². The molecule has 1 amide bonds. The molecule has 1 aliphatic heterocycles. The van der Waals surface area contributed by atoms with Crippen molar-refractivity contribution >= 4 is 28.6 Å². The van der Waals surface area contributed by atoms with Gasteiger partial charge in [-0.25, -0.2) is 14.2 Å². The number of pyridine rings is 2. The molecule has 1 fully saturated rings. The number of ether oxygens (including phenoxy) is 2. The van der Waals surface area contributed by atoms with E-state index in [1.165, 1.54) is 18.3 Å². The van der Waals surface area contributed by atoms with Gasteiger partial charge in [0, 0.05) is 11.6 Å². The minimum Gasteiger partial charge on any atom is -0.504 e. The van der Waals surface area contributed by atoms with Gasteiger partial charge in [0.25, 0.3) is 5.91 Å². The van der Waals surface area contributed by atoms with Crippen molar-refractivity contribution in [2.24, 2.45) is 0 Å². The van der Waals surface area contributed by atoms with Crippen LogP contribution >= 0.6 is 0 Å². The SMILES string of the molecule is COC(=O)c1nc(NC(=O)C2CO2)c2cc(Cc3ccc(F)cc3)cnc2c1O. The molecule has 0 aliphatic carbocycles. The third-order valence-electron chi connectivity index (χ3n) is 4.44. The quantitative estimate of drug-likeness (QED) is 0.501. The Morgan fingerprint density at radius 2 is 2.03 bits per heavy atom. The summed E-state index contributed by atoms with van der Waals surface area (Å²) in [6.07, 6.45) is 1.40. The number of nitrogens with zero attached hydrogens (tertiary/aromatic N) is 2. The molecule has 0 bridgehead atoms. The molecular formula is C20H16FN3O5. The fourth-order valence-electron chi connectivity index (χ4n) is 2.88. The molecule has 1 atom stereocenters. The fourth-order valence-corrected chi connectivity index (χ4v) is 2.88. The number of methoxy groups -OCH3 is 1. The van der Waals surface area contributed by atoms with Crippen molar-refractivity contribution in [2.75, 3.05) is 19.0 Å². The van der Waals surface area contributed by atoms with Crippen LogP contribution in [-0.2, 0) is 20.7 Å². The molecule has 1 aromatic carbocycles. The zero-order valence-corrected chi connectivity index (χ0v) is 15.3. The minimum atomic E-state index is -0.861. The molecule has 1 aliphatic rings. The van der Waals surface area contributed by atoms with E-state index in [4.69, 9.17) is 4.74 Å². The maximum Gasteiger partial charge on any atom is 0.360 e. The molecule has 148 valence electrons. The summed E-state index contributed by atoms with van der Waals surface area (Å²) < 4.78 is 22.7. The first kappa shape index (κ1) is 18.8. The largest absolute Gasteiger partial charge is 0.504 e. The number of aromatic nitrogens is 2. The molecule has 0 spiro atoms. The van der Waals surface area contributed by atoms with Crippen molar-refractivity contribution < 1.29 is 28.6 Å². The van der Waals surface area contributed by atoms with Gasteiger partial charge in [0.05, 0.1) is 13.7 Å². The molecule has 2 aromatic heterocycles. The van der Waals surface area contributed by atoms with E-state index >= 15 is 0 Å². The summed E-state index contributed by atoms with van der Waals surface area (Å²) in [4.78, 5) is 32.4. The standard InChI is InChI=1S/C20H16FN3O5/c1-28-20(27)16-17(25)15-13(18(23-16)24-19(26)14-9-29-14)7-11(8-22-15)6-10-2-4-12(21)5-3-10/h2-5,7-8,14,25H,6,9H2,1H3,(H,23,24,26). The number of benzene rings is 1. The van der Waals surface area contributed by atoms with Crippen molar-refractivity contribution in [3.63, 3.8) is 0 Å². The average molecular weight is 397 g/mol. The number of aromatic hydroxyl groups is 1. The number of fused-ring (bicyclic) bond motifs is 1. The lowest BCUT2D eigenvalue weighted by atomic mass is 10.0. The van der Waals surface area contributed by atoms with Crippen molar-refractivity contribution in [2.45, 2.75) is 12.5 Å². The lowest BCUT2D eigenvalue weighted by Crippen LogP contribution is -2.20. The Bertz CT molecular complexity index is 1110. The Morgan fingerprint density at radius 3 is 2.69 bits per heavy atom. The lowest BCUT2D eigenvalue weighted by Gasteiger charge is -2.12. The molecule has 29 heavy (non-hydrogen) atoms. The van der Waals surface area contributed by atoms with Crippen LogP contribution in [0.4, 0.5) is 10.2 Å². The first-order valence-corrected chi connectivity index (χ1v) is 8.73. The van der Waals surface area contributed by atoms with Crippen LogP contribution in [0.15, 0.2) is 36.5 Å². The topological polar surface area (TPSA) is 114 Å². The maximum atomic E-state index is 13.1. The van der Waals surface area contributed by atoms with Gasteiger partial charge < -0.3 is 19.9 Å². The Labute approximate surface area is 164 Å². The van der Waals surface area contributed by atoms with Crippen LogP contribution in [0, 0.1) is 5.82 Å². The van der Waals surface area contributed by atoms with Crippen molar-refractivity contribution in [1.82, 2.24) is 9.97 Å². The van der Waals surface area contributed by atoms with Gasteiger partial charge in [-0.3, -0.25) is 9.78 Å². The number of epoxide rings is 1. The highest BCUT2D eigenvalue weighted by Gasteiger charge is 2.32. The maximum absolute atomic E-state index is 13.1. The zero-order valence-electron chi connectivity index (χ0n) is 15.3. The average Bonchev–Trinajstić information content (AvgIpc) is 3.56. The number of carbonyl (C=O) groups is 2. The van der Waals surface area contributed by atoms with Crippen LogP contribution in [-0.4, -0.2) is 46.8 Å². The third kappa shape index (κ3) is 3.85. The molecule has 0 radical (unpaired) electrons. The highest BCUT2D eigenvalue weighted by Crippen LogP contribution is 2.32. The van der Waals surface area contributed by atoms with Gasteiger partial charge in [-0.15, -0.1) is 0 Å². The van der Waals surface area contributed by atoms with Gasteiger partial charge in [-0.1, -0.05) is 12.1 Å². The zero-order chi connectivity index (χ0) is 20.5. The molecule has 2 N–H and O–H groups in total. The molecule has 9 heteroatoms. The second-order valence-corrected chi connectivity index (χ2v) is 6.50. The number of carbonyl (C=O) groups excluding carboxylic acids is 2. The third-order valence-corrected chi connectivity index (χ3v) is 4.44. The van der Waals surface area contributed by atoms with E-state index < -0.39 is 23.7 Å². The first-order valence-electron chi connectivity index (χ1n) is 8.73. The summed E-state index contributed by atoms with van der Waals surface area (Å²) in [6.45, 7) is 0.305. The summed E-state index contributed by atoms with van der Waals surface area (Å²) in [5.41, 5.74) is 1.34. The number of rotatable bonds is 5. The highest BCUT2D eigenvalue weighted by atomic mass is 19.1. The molecular weight excluding hydrogens is 381 g/mol. The van der Waals surface area contributed by atoms with Gasteiger partial charge in [0.15, 0.2) is 17.5 Å². The molecule has 4 rings (SSSR count). The first-order chi connectivity index (χ1) is 14.0. The van der Waals surface area contributed by atoms with E-state index in [1.807, 2.05) is 0 Å². The smallest absolute Gasteiger partial charge is 0.360 e. The monoisotopic (exact) mass is 397 g/mol. The molecule has 3 aromatic rings. The number of hydrogen-bond acceptors (Lipinski definition) is 7. The van der Waals surface area contributed by atoms with Gasteiger partial charge in [0.2, 0.25) is 0 Å². The van der Waals surface area contributed by atoms with Gasteiger partial charge in [0.1, 0.15) is 17.2 Å². The Hall–Kier alpha value is -3.59. The molecule has 1 unspecified atom stereocenters. The Kier molecular flexibility index (Phi) is 4.81. The lowest BCUT2D eigenvalue weighted by molar-refractivity contribution is -0.117. The Morgan fingerprint density at radius 1 is 1.31 bits per heavy atom. The van der Waals surface area contributed by atoms with Crippen LogP contribution in [0.3, 0.4) is 0 Å². The van der Waals surface area contributed by atoms with E-state index in [1.54, 1.807) is 18.2 Å². The van der Waals surface area contributed by atoms with Crippen LogP contribution in [0.1, 0.15) is 21.6 Å². The van der Waals surface area contributed by atoms with Crippen molar-refractivity contribution in [3.8, 4) is 5.75 Å². The van der Waals surface area contributed by atoms with Gasteiger partial charge in [-0.2, -0.15) is 0 Å². The number of nitrogens with one attached hydrogen (secondary N) is 1. The number of hydrogen-bond donors (Lipinski definition) is 2. The number of amides is 1. The predicted molar refractivity (Wildman–Crippen MR) is 100 cm³/mol. The molecule has 3 heterocycles. The summed E-state index contributed by atoms with van der Waals surface area (Å²) >= 11 is 0. The van der Waals surface area contributed by atoms with E-state index in [0.29, 0.717) is 18.4 Å². The van der Waals surface area contributed by atoms with Gasteiger partial charge in [-0.05, 0) is 35.7 Å². The summed E-state index contributed by atoms with van der Waals surface area (Å²) in [5.74, 6) is -1.99. The van der Waals surface area contributed by atoms with Gasteiger partial charge >= 0.3 is 5.97 Å². The normalized spacial score (nSPS) is 15.2. The second kappa shape index (κ2) is 7.44. The van der Waals surface area contributed by atoms with E-state index in [2.05, 4.69) is 20.0 Å². The van der Waals surface area contributed by atoms with Crippen molar-refractivity contribution in [1.29, 1.82) is 0 Å². The minimum absolute atomic E-state index is 0.0622. The van der Waals surface area contributed by atoms with Crippen molar-refractivity contribution in [3.05, 3.63) is 59.2 Å².